The van der Waals surface area contributed by atoms with Crippen LogP contribution in [0.4, 0.5) is 0 Å². The van der Waals surface area contributed by atoms with Gasteiger partial charge in [0.05, 0.1) is 17.3 Å². The minimum absolute atomic E-state index is 0.0796. The van der Waals surface area contributed by atoms with Crippen LogP contribution in [0.1, 0.15) is 27.2 Å². The molecule has 0 saturated carbocycles. The molecule has 4 nitrogen and oxygen atoms in total. The number of rotatable bonds is 2. The topological polar surface area (TPSA) is 80.9 Å². The maximum absolute atomic E-state index is 9.75. The fraction of sp³-hybridized carbons (Fsp3) is 0.667. The second-order valence-electron chi connectivity index (χ2n) is 5.18. The highest BCUT2D eigenvalue weighted by Gasteiger charge is 2.36. The Labute approximate surface area is 95.5 Å². The van der Waals surface area contributed by atoms with Gasteiger partial charge in [0.25, 0.3) is 0 Å². The lowest BCUT2D eigenvalue weighted by Gasteiger charge is -2.34. The van der Waals surface area contributed by atoms with Crippen LogP contribution in [0.3, 0.4) is 0 Å². The molecule has 0 amide bonds. The Kier molecular flexibility index (Phi) is 3.59. The van der Waals surface area contributed by atoms with Gasteiger partial charge in [-0.2, -0.15) is 0 Å². The van der Waals surface area contributed by atoms with E-state index in [-0.39, 0.29) is 6.42 Å². The van der Waals surface area contributed by atoms with E-state index < -0.39 is 23.4 Å². The summed E-state index contributed by atoms with van der Waals surface area (Å²) in [5.41, 5.74) is -1.75. The zero-order valence-corrected chi connectivity index (χ0v) is 9.88. The molecule has 1 rings (SSSR count). The lowest BCUT2D eigenvalue weighted by atomic mass is 9.82. The summed E-state index contributed by atoms with van der Waals surface area (Å²) >= 11 is 0. The van der Waals surface area contributed by atoms with Crippen LogP contribution < -0.4 is 0 Å². The van der Waals surface area contributed by atoms with E-state index >= 15 is 0 Å². The normalized spacial score (nSPS) is 36.6. The first-order valence-electron chi connectivity index (χ1n) is 5.34. The Hall–Kier alpha value is -0.680. The molecule has 16 heavy (non-hydrogen) atoms. The third-order valence-corrected chi connectivity index (χ3v) is 2.66. The highest BCUT2D eigenvalue weighted by Crippen LogP contribution is 2.28. The van der Waals surface area contributed by atoms with Gasteiger partial charge < -0.3 is 20.4 Å². The molecule has 4 heteroatoms. The van der Waals surface area contributed by atoms with Gasteiger partial charge >= 0.3 is 0 Å². The van der Waals surface area contributed by atoms with Crippen molar-refractivity contribution in [1.82, 2.24) is 0 Å². The molecule has 92 valence electrons. The van der Waals surface area contributed by atoms with Crippen molar-refractivity contribution in [1.29, 1.82) is 0 Å². The molecule has 1 aliphatic carbocycles. The van der Waals surface area contributed by atoms with E-state index in [1.807, 2.05) is 0 Å². The van der Waals surface area contributed by atoms with Gasteiger partial charge in [0.1, 0.15) is 6.10 Å². The Bertz CT molecular complexity index is 309. The summed E-state index contributed by atoms with van der Waals surface area (Å²) in [7, 11) is 0. The molecule has 1 aliphatic rings. The predicted octanol–water partition coefficient (Wildman–Crippen LogP) is 0.116. The van der Waals surface area contributed by atoms with Gasteiger partial charge in [-0.3, -0.25) is 0 Å². The highest BCUT2D eigenvalue weighted by atomic mass is 16.3. The first-order valence-corrected chi connectivity index (χ1v) is 5.34. The average Bonchev–Trinajstić information content (AvgIpc) is 2.07. The minimum atomic E-state index is -1.30. The Balaban J connectivity index is 2.87. The summed E-state index contributed by atoms with van der Waals surface area (Å²) in [5.74, 6) is 0. The molecule has 0 bridgehead atoms. The fourth-order valence-electron chi connectivity index (χ4n) is 1.57. The van der Waals surface area contributed by atoms with Crippen molar-refractivity contribution in [2.45, 2.75) is 50.6 Å². The molecule has 0 spiro atoms. The number of hydrogen-bond donors (Lipinski definition) is 4. The maximum Gasteiger partial charge on any atom is 0.101 e. The standard InChI is InChI=1S/C12H20O4/c1-11(2,15)5-4-8-6-10(14)12(3,16)7-9(8)13/h4-6,9-10,13-16H,7H2,1-3H3. The first-order chi connectivity index (χ1) is 7.12. The third-order valence-electron chi connectivity index (χ3n) is 2.66. The van der Waals surface area contributed by atoms with Crippen molar-refractivity contribution in [3.8, 4) is 0 Å². The Morgan fingerprint density at radius 2 is 2.00 bits per heavy atom. The molecule has 0 fully saturated rings. The average molecular weight is 228 g/mol. The lowest BCUT2D eigenvalue weighted by molar-refractivity contribution is -0.0706. The van der Waals surface area contributed by atoms with Gasteiger partial charge in [0.15, 0.2) is 0 Å². The summed E-state index contributed by atoms with van der Waals surface area (Å²) in [5, 5.41) is 38.6. The molecular weight excluding hydrogens is 208 g/mol. The Morgan fingerprint density at radius 1 is 1.44 bits per heavy atom. The van der Waals surface area contributed by atoms with Crippen molar-refractivity contribution >= 4 is 0 Å². The van der Waals surface area contributed by atoms with Crippen LogP contribution in [0.5, 0.6) is 0 Å². The van der Waals surface area contributed by atoms with Gasteiger partial charge in [-0.25, -0.2) is 0 Å². The third kappa shape index (κ3) is 3.42. The second kappa shape index (κ2) is 4.30. The summed E-state index contributed by atoms with van der Waals surface area (Å²) in [6.07, 6.45) is 2.78. The smallest absolute Gasteiger partial charge is 0.101 e. The molecule has 0 radical (unpaired) electrons. The van der Waals surface area contributed by atoms with Crippen LogP contribution >= 0.6 is 0 Å². The molecule has 3 atom stereocenters. The second-order valence-corrected chi connectivity index (χ2v) is 5.18. The van der Waals surface area contributed by atoms with Crippen molar-refractivity contribution in [3.63, 3.8) is 0 Å². The summed E-state index contributed by atoms with van der Waals surface area (Å²) in [6.45, 7) is 4.71. The maximum atomic E-state index is 9.75. The minimum Gasteiger partial charge on any atom is -0.388 e. The highest BCUT2D eigenvalue weighted by molar-refractivity contribution is 5.30. The molecule has 0 aromatic carbocycles. The lowest BCUT2D eigenvalue weighted by Crippen LogP contribution is -2.45. The van der Waals surface area contributed by atoms with Crippen LogP contribution in [0, 0.1) is 0 Å². The summed E-state index contributed by atoms with van der Waals surface area (Å²) in [6, 6.07) is 0. The van der Waals surface area contributed by atoms with Gasteiger partial charge in [-0.1, -0.05) is 12.2 Å². The van der Waals surface area contributed by atoms with Gasteiger partial charge in [-0.05, 0) is 32.4 Å². The Morgan fingerprint density at radius 3 is 2.50 bits per heavy atom. The van der Waals surface area contributed by atoms with E-state index in [0.717, 1.165) is 0 Å². The zero-order valence-electron chi connectivity index (χ0n) is 9.88. The summed E-state index contributed by atoms with van der Waals surface area (Å²) in [4.78, 5) is 0. The van der Waals surface area contributed by atoms with E-state index in [1.54, 1.807) is 19.9 Å². The van der Waals surface area contributed by atoms with E-state index in [4.69, 9.17) is 0 Å². The van der Waals surface area contributed by atoms with E-state index in [0.29, 0.717) is 5.57 Å². The SMILES string of the molecule is CC(C)(O)C=CC1=CC(O)C(C)(O)CC1O. The fourth-order valence-corrected chi connectivity index (χ4v) is 1.57. The van der Waals surface area contributed by atoms with E-state index in [1.165, 1.54) is 19.1 Å². The van der Waals surface area contributed by atoms with Crippen LogP contribution in [-0.2, 0) is 0 Å². The van der Waals surface area contributed by atoms with E-state index in [2.05, 4.69) is 0 Å². The van der Waals surface area contributed by atoms with Crippen LogP contribution in [-0.4, -0.2) is 43.8 Å². The zero-order chi connectivity index (χ0) is 12.6. The van der Waals surface area contributed by atoms with Gasteiger partial charge in [0.2, 0.25) is 0 Å². The molecule has 0 aromatic heterocycles. The van der Waals surface area contributed by atoms with Crippen molar-refractivity contribution in [3.05, 3.63) is 23.8 Å². The molecule has 3 unspecified atom stereocenters. The first kappa shape index (κ1) is 13.4. The molecule has 0 aliphatic heterocycles. The molecule has 4 N–H and O–H groups in total. The van der Waals surface area contributed by atoms with E-state index in [9.17, 15) is 20.4 Å². The molecular formula is C12H20O4. The number of hydrogen-bond acceptors (Lipinski definition) is 4. The number of aliphatic hydroxyl groups excluding tert-OH is 2. The predicted molar refractivity (Wildman–Crippen MR) is 60.8 cm³/mol. The van der Waals surface area contributed by atoms with Crippen LogP contribution in [0.2, 0.25) is 0 Å². The van der Waals surface area contributed by atoms with Crippen LogP contribution in [0.15, 0.2) is 23.8 Å². The largest absolute Gasteiger partial charge is 0.388 e. The van der Waals surface area contributed by atoms with Crippen molar-refractivity contribution < 1.29 is 20.4 Å². The summed E-state index contributed by atoms with van der Waals surface area (Å²) < 4.78 is 0. The van der Waals surface area contributed by atoms with Gasteiger partial charge in [-0.15, -0.1) is 0 Å². The monoisotopic (exact) mass is 228 g/mol. The van der Waals surface area contributed by atoms with Crippen molar-refractivity contribution in [2.75, 3.05) is 0 Å². The molecule has 0 saturated heterocycles. The molecule has 0 aromatic rings. The van der Waals surface area contributed by atoms with Gasteiger partial charge in [0, 0.05) is 6.42 Å². The van der Waals surface area contributed by atoms with Crippen molar-refractivity contribution in [2.24, 2.45) is 0 Å². The molecule has 0 heterocycles. The number of aliphatic hydroxyl groups is 4. The van der Waals surface area contributed by atoms with Crippen LogP contribution in [0.25, 0.3) is 0 Å². The quantitative estimate of drug-likeness (QED) is 0.541.